The van der Waals surface area contributed by atoms with Crippen LogP contribution in [0.1, 0.15) is 34.9 Å². The summed E-state index contributed by atoms with van der Waals surface area (Å²) in [7, 11) is 0. The largest absolute Gasteiger partial charge is 0.388 e. The second-order valence-electron chi connectivity index (χ2n) is 6.51. The molecule has 4 nitrogen and oxygen atoms in total. The van der Waals surface area contributed by atoms with Crippen molar-refractivity contribution >= 4 is 28.6 Å². The van der Waals surface area contributed by atoms with Gasteiger partial charge in [0.15, 0.2) is 0 Å². The summed E-state index contributed by atoms with van der Waals surface area (Å²) in [6.45, 7) is 0. The van der Waals surface area contributed by atoms with Crippen LogP contribution in [-0.2, 0) is 0 Å². The number of benzene rings is 2. The van der Waals surface area contributed by atoms with Crippen LogP contribution in [0, 0.1) is 0 Å². The average Bonchev–Trinajstić information content (AvgIpc) is 3.50. The van der Waals surface area contributed by atoms with E-state index in [0.29, 0.717) is 17.4 Å². The van der Waals surface area contributed by atoms with Crippen LogP contribution in [0.15, 0.2) is 65.7 Å². The predicted molar refractivity (Wildman–Crippen MR) is 104 cm³/mol. The van der Waals surface area contributed by atoms with Gasteiger partial charge < -0.3 is 10.4 Å². The molecule has 1 atom stereocenters. The number of carbonyl (C=O) groups excluding carboxylic acids is 1. The first-order valence-electron chi connectivity index (χ1n) is 8.77. The van der Waals surface area contributed by atoms with Gasteiger partial charge in [0.25, 0.3) is 5.91 Å². The number of aromatic nitrogens is 1. The standard InChI is InChI=1S/C21H20N2O2S/c24-19(14-6-2-1-3-7-14)13-26-20-12-17(21(25)22-15-10-11-15)16-8-4-5-9-18(16)23-20/h1-9,12,15,19,24H,10-11,13H2,(H,22,25). The normalized spacial score (nSPS) is 15.0. The summed E-state index contributed by atoms with van der Waals surface area (Å²) in [6, 6.07) is 19.4. The van der Waals surface area contributed by atoms with E-state index in [9.17, 15) is 9.90 Å². The zero-order valence-electron chi connectivity index (χ0n) is 14.3. The molecule has 0 saturated heterocycles. The first kappa shape index (κ1) is 17.1. The van der Waals surface area contributed by atoms with E-state index < -0.39 is 6.10 Å². The SMILES string of the molecule is O=C(NC1CC1)c1cc(SCC(O)c2ccccc2)nc2ccccc12. The van der Waals surface area contributed by atoms with Gasteiger partial charge >= 0.3 is 0 Å². The maximum Gasteiger partial charge on any atom is 0.252 e. The summed E-state index contributed by atoms with van der Waals surface area (Å²) in [5.41, 5.74) is 2.33. The fraction of sp³-hybridized carbons (Fsp3) is 0.238. The number of nitrogens with one attached hydrogen (secondary N) is 1. The number of aliphatic hydroxyl groups is 1. The molecule has 1 heterocycles. The van der Waals surface area contributed by atoms with Crippen molar-refractivity contribution in [2.75, 3.05) is 5.75 Å². The molecule has 1 aliphatic rings. The average molecular weight is 364 g/mol. The first-order valence-corrected chi connectivity index (χ1v) is 9.76. The van der Waals surface area contributed by atoms with Gasteiger partial charge in [-0.2, -0.15) is 0 Å². The number of amides is 1. The Labute approximate surface area is 156 Å². The maximum absolute atomic E-state index is 12.6. The number of aliphatic hydroxyl groups excluding tert-OH is 1. The highest BCUT2D eigenvalue weighted by Gasteiger charge is 2.25. The van der Waals surface area contributed by atoms with E-state index in [4.69, 9.17) is 0 Å². The van der Waals surface area contributed by atoms with Gasteiger partial charge in [0.2, 0.25) is 0 Å². The maximum atomic E-state index is 12.6. The predicted octanol–water partition coefficient (Wildman–Crippen LogP) is 3.95. The fourth-order valence-corrected chi connectivity index (χ4v) is 3.72. The van der Waals surface area contributed by atoms with Gasteiger partial charge in [0, 0.05) is 17.2 Å². The van der Waals surface area contributed by atoms with E-state index in [0.717, 1.165) is 34.3 Å². The van der Waals surface area contributed by atoms with Crippen molar-refractivity contribution in [2.45, 2.75) is 30.0 Å². The van der Waals surface area contributed by atoms with Crippen LogP contribution in [0.3, 0.4) is 0 Å². The minimum absolute atomic E-state index is 0.0449. The highest BCUT2D eigenvalue weighted by atomic mass is 32.2. The molecule has 0 spiro atoms. The van der Waals surface area contributed by atoms with Crippen molar-refractivity contribution in [3.8, 4) is 0 Å². The molecule has 26 heavy (non-hydrogen) atoms. The van der Waals surface area contributed by atoms with Gasteiger partial charge in [-0.15, -0.1) is 11.8 Å². The second kappa shape index (κ2) is 7.48. The number of nitrogens with zero attached hydrogens (tertiary/aromatic N) is 1. The molecule has 1 fully saturated rings. The molecule has 1 aromatic heterocycles. The van der Waals surface area contributed by atoms with Gasteiger partial charge in [-0.25, -0.2) is 4.98 Å². The topological polar surface area (TPSA) is 62.2 Å². The Hall–Kier alpha value is -2.37. The number of para-hydroxylation sites is 1. The third-order valence-corrected chi connectivity index (χ3v) is 5.41. The number of pyridine rings is 1. The lowest BCUT2D eigenvalue weighted by Gasteiger charge is -2.12. The lowest BCUT2D eigenvalue weighted by atomic mass is 10.1. The summed E-state index contributed by atoms with van der Waals surface area (Å²) in [5, 5.41) is 15.0. The van der Waals surface area contributed by atoms with Crippen LogP contribution in [0.2, 0.25) is 0 Å². The van der Waals surface area contributed by atoms with Crippen LogP contribution < -0.4 is 5.32 Å². The quantitative estimate of drug-likeness (QED) is 0.650. The molecule has 0 radical (unpaired) electrons. The molecule has 2 N–H and O–H groups in total. The third kappa shape index (κ3) is 3.89. The van der Waals surface area contributed by atoms with Crippen molar-refractivity contribution < 1.29 is 9.90 Å². The minimum atomic E-state index is -0.571. The van der Waals surface area contributed by atoms with Crippen molar-refractivity contribution in [1.29, 1.82) is 0 Å². The van der Waals surface area contributed by atoms with Gasteiger partial charge in [0.1, 0.15) is 0 Å². The van der Waals surface area contributed by atoms with Crippen molar-refractivity contribution in [3.05, 3.63) is 71.8 Å². The number of fused-ring (bicyclic) bond motifs is 1. The second-order valence-corrected chi connectivity index (χ2v) is 7.55. The number of thioether (sulfide) groups is 1. The summed E-state index contributed by atoms with van der Waals surface area (Å²) < 4.78 is 0. The molecule has 3 aromatic rings. The molecule has 2 aromatic carbocycles. The Morgan fingerprint density at radius 1 is 1.15 bits per heavy atom. The molecule has 1 amide bonds. The molecule has 0 bridgehead atoms. The fourth-order valence-electron chi connectivity index (χ4n) is 2.84. The molecule has 1 aliphatic carbocycles. The Kier molecular flexibility index (Phi) is 4.91. The van der Waals surface area contributed by atoms with Crippen LogP contribution in [-0.4, -0.2) is 27.8 Å². The van der Waals surface area contributed by atoms with Crippen molar-refractivity contribution in [3.63, 3.8) is 0 Å². The van der Waals surface area contributed by atoms with Crippen LogP contribution in [0.25, 0.3) is 10.9 Å². The molecule has 1 unspecified atom stereocenters. The van der Waals surface area contributed by atoms with E-state index in [2.05, 4.69) is 10.3 Å². The van der Waals surface area contributed by atoms with E-state index >= 15 is 0 Å². The number of hydrogen-bond donors (Lipinski definition) is 2. The van der Waals surface area contributed by atoms with Gasteiger partial charge in [-0.3, -0.25) is 4.79 Å². The smallest absolute Gasteiger partial charge is 0.252 e. The Morgan fingerprint density at radius 2 is 1.88 bits per heavy atom. The zero-order valence-corrected chi connectivity index (χ0v) is 15.1. The van der Waals surface area contributed by atoms with E-state index in [1.165, 1.54) is 11.8 Å². The number of hydrogen-bond acceptors (Lipinski definition) is 4. The van der Waals surface area contributed by atoms with E-state index in [-0.39, 0.29) is 5.91 Å². The molecule has 4 rings (SSSR count). The summed E-state index contributed by atoms with van der Waals surface area (Å²) in [5.74, 6) is 0.440. The summed E-state index contributed by atoms with van der Waals surface area (Å²) in [4.78, 5) is 17.3. The van der Waals surface area contributed by atoms with Gasteiger partial charge in [-0.1, -0.05) is 48.5 Å². The number of carbonyl (C=O) groups is 1. The van der Waals surface area contributed by atoms with E-state index in [1.54, 1.807) is 0 Å². The molecule has 1 saturated carbocycles. The van der Waals surface area contributed by atoms with Gasteiger partial charge in [-0.05, 0) is 30.5 Å². The highest BCUT2D eigenvalue weighted by molar-refractivity contribution is 7.99. The zero-order chi connectivity index (χ0) is 17.9. The number of rotatable bonds is 6. The molecule has 5 heteroatoms. The Morgan fingerprint density at radius 3 is 2.65 bits per heavy atom. The molecule has 0 aliphatic heterocycles. The highest BCUT2D eigenvalue weighted by Crippen LogP contribution is 2.28. The van der Waals surface area contributed by atoms with Crippen LogP contribution in [0.4, 0.5) is 0 Å². The molecule has 132 valence electrons. The van der Waals surface area contributed by atoms with Crippen LogP contribution >= 0.6 is 11.8 Å². The molecular weight excluding hydrogens is 344 g/mol. The first-order chi connectivity index (χ1) is 12.7. The Balaban J connectivity index is 1.57. The summed E-state index contributed by atoms with van der Waals surface area (Å²) >= 11 is 1.46. The van der Waals surface area contributed by atoms with Crippen molar-refractivity contribution in [2.24, 2.45) is 0 Å². The third-order valence-electron chi connectivity index (χ3n) is 4.42. The van der Waals surface area contributed by atoms with Gasteiger partial charge in [0.05, 0.1) is 22.2 Å². The molecular formula is C21H20N2O2S. The Bertz CT molecular complexity index is 926. The van der Waals surface area contributed by atoms with Crippen LogP contribution in [0.5, 0.6) is 0 Å². The lowest BCUT2D eigenvalue weighted by Crippen LogP contribution is -2.25. The summed E-state index contributed by atoms with van der Waals surface area (Å²) in [6.07, 6.45) is 1.54. The minimum Gasteiger partial charge on any atom is -0.388 e. The van der Waals surface area contributed by atoms with Crippen molar-refractivity contribution in [1.82, 2.24) is 10.3 Å². The van der Waals surface area contributed by atoms with E-state index in [1.807, 2.05) is 60.7 Å². The monoisotopic (exact) mass is 364 g/mol. The lowest BCUT2D eigenvalue weighted by molar-refractivity contribution is 0.0952.